The van der Waals surface area contributed by atoms with E-state index in [2.05, 4.69) is 30.7 Å². The van der Waals surface area contributed by atoms with Crippen molar-refractivity contribution in [3.63, 3.8) is 0 Å². The van der Waals surface area contributed by atoms with E-state index in [4.69, 9.17) is 4.74 Å². The summed E-state index contributed by atoms with van der Waals surface area (Å²) >= 11 is 0. The number of ether oxygens (including phenoxy) is 1. The van der Waals surface area contributed by atoms with Crippen molar-refractivity contribution in [2.75, 3.05) is 31.3 Å². The van der Waals surface area contributed by atoms with E-state index in [1.165, 1.54) is 30.5 Å². The molecule has 2 aromatic heterocycles. The highest BCUT2D eigenvalue weighted by molar-refractivity contribution is 6.00. The molecule has 0 spiro atoms. The fraction of sp³-hybridized carbons (Fsp3) is 0.231. The minimum atomic E-state index is -4.65. The van der Waals surface area contributed by atoms with Crippen LogP contribution in [0.2, 0.25) is 0 Å². The molecule has 2 N–H and O–H groups in total. The van der Waals surface area contributed by atoms with Gasteiger partial charge in [-0.1, -0.05) is 12.1 Å². The molecule has 9 nitrogen and oxygen atoms in total. The van der Waals surface area contributed by atoms with Gasteiger partial charge in [0.05, 0.1) is 11.3 Å². The zero-order valence-electron chi connectivity index (χ0n) is 21.0. The molecule has 0 aliphatic rings. The van der Waals surface area contributed by atoms with Gasteiger partial charge in [-0.25, -0.2) is 9.18 Å². The zero-order valence-corrected chi connectivity index (χ0v) is 21.0. The Bertz CT molecular complexity index is 1440. The Kier molecular flexibility index (Phi) is 8.39. The van der Waals surface area contributed by atoms with Crippen LogP contribution in [0.25, 0.3) is 11.5 Å². The van der Waals surface area contributed by atoms with E-state index in [1.807, 2.05) is 18.7 Å². The molecule has 0 bridgehead atoms. The lowest BCUT2D eigenvalue weighted by atomic mass is 10.1. The predicted octanol–water partition coefficient (Wildman–Crippen LogP) is 5.89. The first-order valence-corrected chi connectivity index (χ1v) is 11.8. The summed E-state index contributed by atoms with van der Waals surface area (Å²) in [6.07, 6.45) is -0.653. The number of aromatic nitrogens is 4. The van der Waals surface area contributed by atoms with E-state index in [1.54, 1.807) is 18.5 Å². The summed E-state index contributed by atoms with van der Waals surface area (Å²) in [5.41, 5.74) is -0.920. The summed E-state index contributed by atoms with van der Waals surface area (Å²) in [7, 11) is 3.98. The van der Waals surface area contributed by atoms with Crippen LogP contribution in [0.5, 0.6) is 11.5 Å². The van der Waals surface area contributed by atoms with Crippen molar-refractivity contribution < 1.29 is 27.1 Å². The third-order valence-electron chi connectivity index (χ3n) is 5.48. The Labute approximate surface area is 221 Å². The monoisotopic (exact) mass is 543 g/mol. The van der Waals surface area contributed by atoms with Crippen LogP contribution in [-0.2, 0) is 12.7 Å². The van der Waals surface area contributed by atoms with Gasteiger partial charge in [-0.15, -0.1) is 10.2 Å². The van der Waals surface area contributed by atoms with Gasteiger partial charge in [-0.3, -0.25) is 4.98 Å². The number of amides is 2. The number of aryl methyl sites for hydroxylation is 1. The van der Waals surface area contributed by atoms with Gasteiger partial charge in [0.1, 0.15) is 17.8 Å². The second kappa shape index (κ2) is 11.9. The minimum absolute atomic E-state index is 0.0167. The molecule has 4 rings (SSSR count). The van der Waals surface area contributed by atoms with Crippen LogP contribution in [0.15, 0.2) is 67.1 Å². The number of halogens is 4. The second-order valence-corrected chi connectivity index (χ2v) is 8.75. The number of urea groups is 1. The second-order valence-electron chi connectivity index (χ2n) is 8.75. The van der Waals surface area contributed by atoms with Gasteiger partial charge in [-0.05, 0) is 57.4 Å². The molecule has 0 radical (unpaired) electrons. The molecular weight excluding hydrogens is 518 g/mol. The topological polar surface area (TPSA) is 97.2 Å². The molecule has 2 aromatic carbocycles. The van der Waals surface area contributed by atoms with Crippen LogP contribution >= 0.6 is 0 Å². The summed E-state index contributed by atoms with van der Waals surface area (Å²) in [5.74, 6) is -0.0945. The molecule has 0 saturated carbocycles. The first kappa shape index (κ1) is 27.5. The maximum atomic E-state index is 14.8. The highest BCUT2D eigenvalue weighted by Crippen LogP contribution is 2.35. The molecule has 0 aliphatic heterocycles. The zero-order chi connectivity index (χ0) is 28.0. The van der Waals surface area contributed by atoms with Crippen molar-refractivity contribution in [2.45, 2.75) is 19.1 Å². The van der Waals surface area contributed by atoms with Gasteiger partial charge in [0.2, 0.25) is 0 Å². The molecule has 4 aromatic rings. The fourth-order valence-electron chi connectivity index (χ4n) is 3.68. The Morgan fingerprint density at radius 2 is 1.87 bits per heavy atom. The molecule has 13 heteroatoms. The number of benzene rings is 2. The molecule has 0 aliphatic carbocycles. The Morgan fingerprint density at radius 1 is 1.08 bits per heavy atom. The molecule has 39 heavy (non-hydrogen) atoms. The number of alkyl halides is 3. The summed E-state index contributed by atoms with van der Waals surface area (Å²) in [4.78, 5) is 18.7. The van der Waals surface area contributed by atoms with Crippen molar-refractivity contribution in [2.24, 2.45) is 0 Å². The number of para-hydroxylation sites is 1. The molecule has 2 heterocycles. The smallest absolute Gasteiger partial charge is 0.418 e. The minimum Gasteiger partial charge on any atom is -0.454 e. The van der Waals surface area contributed by atoms with E-state index in [0.717, 1.165) is 31.2 Å². The van der Waals surface area contributed by atoms with Gasteiger partial charge in [0.15, 0.2) is 17.4 Å². The van der Waals surface area contributed by atoms with Crippen LogP contribution in [0.4, 0.5) is 33.7 Å². The molecule has 0 saturated heterocycles. The van der Waals surface area contributed by atoms with Crippen LogP contribution in [0.3, 0.4) is 0 Å². The maximum absolute atomic E-state index is 14.8. The number of anilines is 2. The standard InChI is InChI=1S/C26H25F4N7O2/c1-36(2)12-5-13-37-16-32-35-24(37)22-15-18(10-11-31-22)39-23-9-8-17(14-20(23)27)33-25(38)34-21-7-4-3-6-19(21)26(28,29)30/h3-4,6-11,14-16H,5,12-13H2,1-2H3,(H2,33,34,38). The number of hydrogen-bond acceptors (Lipinski definition) is 6. The van der Waals surface area contributed by atoms with E-state index < -0.39 is 29.3 Å². The van der Waals surface area contributed by atoms with Gasteiger partial charge in [0.25, 0.3) is 0 Å². The van der Waals surface area contributed by atoms with Gasteiger partial charge >= 0.3 is 12.2 Å². The summed E-state index contributed by atoms with van der Waals surface area (Å²) in [6.45, 7) is 1.58. The van der Waals surface area contributed by atoms with Gasteiger partial charge in [0, 0.05) is 30.6 Å². The molecule has 204 valence electrons. The molecule has 0 atom stereocenters. The molecule has 0 unspecified atom stereocenters. The fourth-order valence-corrected chi connectivity index (χ4v) is 3.68. The van der Waals surface area contributed by atoms with Crippen molar-refractivity contribution >= 4 is 17.4 Å². The summed E-state index contributed by atoms with van der Waals surface area (Å²) in [6, 6.07) is 10.4. The van der Waals surface area contributed by atoms with Gasteiger partial charge < -0.3 is 24.8 Å². The number of pyridine rings is 1. The Morgan fingerprint density at radius 3 is 2.62 bits per heavy atom. The van der Waals surface area contributed by atoms with Crippen LogP contribution in [-0.4, -0.2) is 51.3 Å². The van der Waals surface area contributed by atoms with Crippen molar-refractivity contribution in [1.29, 1.82) is 0 Å². The van der Waals surface area contributed by atoms with Crippen LogP contribution < -0.4 is 15.4 Å². The van der Waals surface area contributed by atoms with Crippen molar-refractivity contribution in [3.05, 3.63) is 78.5 Å². The largest absolute Gasteiger partial charge is 0.454 e. The lowest BCUT2D eigenvalue weighted by Crippen LogP contribution is -2.21. The highest BCUT2D eigenvalue weighted by atomic mass is 19.4. The molecule has 0 fully saturated rings. The SMILES string of the molecule is CN(C)CCCn1cnnc1-c1cc(Oc2ccc(NC(=O)Nc3ccccc3C(F)(F)F)cc2F)ccn1. The van der Waals surface area contributed by atoms with Crippen LogP contribution in [0, 0.1) is 5.82 Å². The third kappa shape index (κ3) is 7.29. The Hall–Kier alpha value is -4.52. The number of nitrogens with one attached hydrogen (secondary N) is 2. The van der Waals surface area contributed by atoms with E-state index in [9.17, 15) is 22.4 Å². The van der Waals surface area contributed by atoms with Crippen molar-refractivity contribution in [3.8, 4) is 23.0 Å². The van der Waals surface area contributed by atoms with Gasteiger partial charge in [-0.2, -0.15) is 13.2 Å². The summed E-state index contributed by atoms with van der Waals surface area (Å²) < 4.78 is 61.8. The van der Waals surface area contributed by atoms with E-state index >= 15 is 0 Å². The normalized spacial score (nSPS) is 11.5. The maximum Gasteiger partial charge on any atom is 0.418 e. The lowest BCUT2D eigenvalue weighted by Gasteiger charge is -2.14. The number of rotatable bonds is 9. The average molecular weight is 544 g/mol. The number of nitrogens with zero attached hydrogens (tertiary/aromatic N) is 5. The quantitative estimate of drug-likeness (QED) is 0.256. The van der Waals surface area contributed by atoms with E-state index in [-0.39, 0.29) is 11.4 Å². The molecular formula is C26H25F4N7O2. The first-order chi connectivity index (χ1) is 18.6. The number of carbonyl (C=O) groups is 1. The molecule has 2 amide bonds. The number of hydrogen-bond donors (Lipinski definition) is 2. The van der Waals surface area contributed by atoms with Crippen LogP contribution in [0.1, 0.15) is 12.0 Å². The lowest BCUT2D eigenvalue weighted by molar-refractivity contribution is -0.136. The first-order valence-electron chi connectivity index (χ1n) is 11.8. The highest BCUT2D eigenvalue weighted by Gasteiger charge is 2.33. The average Bonchev–Trinajstić information content (AvgIpc) is 3.34. The number of carbonyl (C=O) groups excluding carboxylic acids is 1. The summed E-state index contributed by atoms with van der Waals surface area (Å²) in [5, 5.41) is 12.6. The Balaban J connectivity index is 1.42. The third-order valence-corrected chi connectivity index (χ3v) is 5.48. The van der Waals surface area contributed by atoms with Crippen molar-refractivity contribution in [1.82, 2.24) is 24.6 Å². The predicted molar refractivity (Wildman–Crippen MR) is 137 cm³/mol. The van der Waals surface area contributed by atoms with E-state index in [0.29, 0.717) is 23.8 Å².